The van der Waals surface area contributed by atoms with Gasteiger partial charge >= 0.3 is 5.97 Å². The lowest BCUT2D eigenvalue weighted by Gasteiger charge is -2.34. The fourth-order valence-electron chi connectivity index (χ4n) is 2.21. The number of hydrogen-bond acceptors (Lipinski definition) is 2. The molecule has 2 heteroatoms. The zero-order valence-corrected chi connectivity index (χ0v) is 10.8. The van der Waals surface area contributed by atoms with Gasteiger partial charge in [-0.05, 0) is 37.7 Å². The van der Waals surface area contributed by atoms with E-state index in [-0.39, 0.29) is 11.6 Å². The first-order valence-electron chi connectivity index (χ1n) is 6.47. The molecule has 0 bridgehead atoms. The van der Waals surface area contributed by atoms with Crippen molar-refractivity contribution in [2.75, 3.05) is 0 Å². The fourth-order valence-corrected chi connectivity index (χ4v) is 2.21. The van der Waals surface area contributed by atoms with E-state index in [4.69, 9.17) is 4.74 Å². The molecule has 1 unspecified atom stereocenters. The van der Waals surface area contributed by atoms with Gasteiger partial charge in [-0.15, -0.1) is 0 Å². The molecule has 0 amide bonds. The van der Waals surface area contributed by atoms with Gasteiger partial charge < -0.3 is 4.74 Å². The molecule has 0 spiro atoms. The van der Waals surface area contributed by atoms with E-state index >= 15 is 0 Å². The van der Waals surface area contributed by atoms with E-state index in [2.05, 4.69) is 26.0 Å². The predicted octanol–water partition coefficient (Wildman–Crippen LogP) is 3.85. The van der Waals surface area contributed by atoms with Gasteiger partial charge in [-0.3, -0.25) is 4.79 Å². The molecule has 0 saturated heterocycles. The molecular formula is C14H24O2. The van der Waals surface area contributed by atoms with Gasteiger partial charge in [0.15, 0.2) is 0 Å². The Labute approximate surface area is 99.1 Å². The maximum Gasteiger partial charge on any atom is 0.303 e. The van der Waals surface area contributed by atoms with E-state index in [1.807, 2.05) is 0 Å². The van der Waals surface area contributed by atoms with Gasteiger partial charge in [-0.25, -0.2) is 0 Å². The van der Waals surface area contributed by atoms with E-state index < -0.39 is 0 Å². The summed E-state index contributed by atoms with van der Waals surface area (Å²) < 4.78 is 5.55. The molecule has 16 heavy (non-hydrogen) atoms. The average Bonchev–Trinajstić information content (AvgIpc) is 2.26. The smallest absolute Gasteiger partial charge is 0.303 e. The summed E-state index contributed by atoms with van der Waals surface area (Å²) in [5, 5.41) is 0. The number of rotatable bonds is 4. The summed E-state index contributed by atoms with van der Waals surface area (Å²) in [6.07, 6.45) is 11.0. The van der Waals surface area contributed by atoms with E-state index in [9.17, 15) is 4.79 Å². The van der Waals surface area contributed by atoms with Crippen LogP contribution in [0.15, 0.2) is 12.2 Å². The summed E-state index contributed by atoms with van der Waals surface area (Å²) in [5.41, 5.74) is -0.298. The van der Waals surface area contributed by atoms with Gasteiger partial charge in [-0.1, -0.05) is 32.8 Å². The van der Waals surface area contributed by atoms with E-state index in [0.29, 0.717) is 5.92 Å². The third kappa shape index (κ3) is 3.99. The van der Waals surface area contributed by atoms with Crippen molar-refractivity contribution < 1.29 is 9.53 Å². The Bertz CT molecular complexity index is 249. The molecule has 0 N–H and O–H groups in total. The van der Waals surface area contributed by atoms with Crippen molar-refractivity contribution in [3.63, 3.8) is 0 Å². The van der Waals surface area contributed by atoms with Crippen LogP contribution < -0.4 is 0 Å². The van der Waals surface area contributed by atoms with Crippen LogP contribution in [0.1, 0.15) is 59.3 Å². The monoisotopic (exact) mass is 224 g/mol. The Balaban J connectivity index is 2.69. The third-order valence-electron chi connectivity index (χ3n) is 3.42. The van der Waals surface area contributed by atoms with E-state index in [0.717, 1.165) is 32.1 Å². The van der Waals surface area contributed by atoms with Gasteiger partial charge in [0.05, 0.1) is 0 Å². The maximum absolute atomic E-state index is 11.2. The van der Waals surface area contributed by atoms with Gasteiger partial charge in [-0.2, -0.15) is 0 Å². The quantitative estimate of drug-likeness (QED) is 0.535. The van der Waals surface area contributed by atoms with Crippen LogP contribution in [-0.4, -0.2) is 11.6 Å². The first kappa shape index (κ1) is 13.3. The highest BCUT2D eigenvalue weighted by molar-refractivity contribution is 5.66. The first-order valence-corrected chi connectivity index (χ1v) is 6.47. The average molecular weight is 224 g/mol. The zero-order chi connectivity index (χ0) is 12.0. The molecule has 1 fully saturated rings. The van der Waals surface area contributed by atoms with Crippen molar-refractivity contribution in [2.45, 2.75) is 64.9 Å². The second-order valence-electron chi connectivity index (χ2n) is 4.96. The Morgan fingerprint density at radius 3 is 2.50 bits per heavy atom. The highest BCUT2D eigenvalue weighted by Crippen LogP contribution is 2.33. The summed E-state index contributed by atoms with van der Waals surface area (Å²) >= 11 is 0. The minimum Gasteiger partial charge on any atom is -0.455 e. The summed E-state index contributed by atoms with van der Waals surface area (Å²) in [7, 11) is 0. The molecule has 1 aliphatic rings. The Kier molecular flexibility index (Phi) is 5.04. The first-order chi connectivity index (χ1) is 7.58. The zero-order valence-electron chi connectivity index (χ0n) is 10.8. The van der Waals surface area contributed by atoms with Crippen molar-refractivity contribution in [1.29, 1.82) is 0 Å². The molecule has 1 saturated carbocycles. The van der Waals surface area contributed by atoms with Crippen LogP contribution in [0, 0.1) is 5.92 Å². The maximum atomic E-state index is 11.2. The molecule has 1 rings (SSSR count). The lowest BCUT2D eigenvalue weighted by molar-refractivity contribution is -0.154. The van der Waals surface area contributed by atoms with Crippen LogP contribution in [0.3, 0.4) is 0 Å². The second-order valence-corrected chi connectivity index (χ2v) is 4.96. The molecule has 0 aromatic carbocycles. The van der Waals surface area contributed by atoms with Crippen LogP contribution in [0.5, 0.6) is 0 Å². The standard InChI is InChI=1S/C14H24O2/c1-4-12(2)8-11-14(16-13(3)15)9-6-5-7-10-14/h8,11-12H,4-7,9-10H2,1-3H3/b11-8+. The molecule has 0 radical (unpaired) electrons. The van der Waals surface area contributed by atoms with Crippen LogP contribution in [0.2, 0.25) is 0 Å². The van der Waals surface area contributed by atoms with Crippen molar-refractivity contribution in [3.05, 3.63) is 12.2 Å². The van der Waals surface area contributed by atoms with Crippen molar-refractivity contribution in [1.82, 2.24) is 0 Å². The van der Waals surface area contributed by atoms with Crippen LogP contribution in [0.25, 0.3) is 0 Å². The number of carbonyl (C=O) groups excluding carboxylic acids is 1. The summed E-state index contributed by atoms with van der Waals surface area (Å²) in [4.78, 5) is 11.2. The molecule has 0 heterocycles. The number of ether oxygens (including phenoxy) is 1. The number of carbonyl (C=O) groups is 1. The molecule has 0 aromatic rings. The fraction of sp³-hybridized carbons (Fsp3) is 0.786. The molecule has 2 nitrogen and oxygen atoms in total. The van der Waals surface area contributed by atoms with Crippen LogP contribution >= 0.6 is 0 Å². The summed E-state index contributed by atoms with van der Waals surface area (Å²) in [6, 6.07) is 0. The topological polar surface area (TPSA) is 26.3 Å². The van der Waals surface area contributed by atoms with E-state index in [1.165, 1.54) is 13.3 Å². The SMILES string of the molecule is CCC(C)/C=C/C1(OC(C)=O)CCCCC1. The van der Waals surface area contributed by atoms with Gasteiger partial charge in [0.25, 0.3) is 0 Å². The largest absolute Gasteiger partial charge is 0.455 e. The highest BCUT2D eigenvalue weighted by Gasteiger charge is 2.32. The normalized spacial score (nSPS) is 21.9. The Hall–Kier alpha value is -0.790. The van der Waals surface area contributed by atoms with Gasteiger partial charge in [0.1, 0.15) is 5.60 Å². The minimum absolute atomic E-state index is 0.157. The third-order valence-corrected chi connectivity index (χ3v) is 3.42. The summed E-state index contributed by atoms with van der Waals surface area (Å²) in [5.74, 6) is 0.407. The molecule has 1 aliphatic carbocycles. The number of esters is 1. The predicted molar refractivity (Wildman–Crippen MR) is 66.2 cm³/mol. The molecule has 92 valence electrons. The highest BCUT2D eigenvalue weighted by atomic mass is 16.6. The molecule has 0 aliphatic heterocycles. The van der Waals surface area contributed by atoms with Gasteiger partial charge in [0.2, 0.25) is 0 Å². The lowest BCUT2D eigenvalue weighted by atomic mass is 9.83. The molecule has 1 atom stereocenters. The molecule has 0 aromatic heterocycles. The van der Waals surface area contributed by atoms with E-state index in [1.54, 1.807) is 0 Å². The second kappa shape index (κ2) is 6.07. The minimum atomic E-state index is -0.298. The Morgan fingerprint density at radius 2 is 2.00 bits per heavy atom. The lowest BCUT2D eigenvalue weighted by Crippen LogP contribution is -2.34. The van der Waals surface area contributed by atoms with Crippen molar-refractivity contribution >= 4 is 5.97 Å². The van der Waals surface area contributed by atoms with Crippen LogP contribution in [0.4, 0.5) is 0 Å². The Morgan fingerprint density at radius 1 is 1.38 bits per heavy atom. The van der Waals surface area contributed by atoms with Crippen molar-refractivity contribution in [2.24, 2.45) is 5.92 Å². The van der Waals surface area contributed by atoms with Crippen LogP contribution in [-0.2, 0) is 9.53 Å². The van der Waals surface area contributed by atoms with Crippen molar-refractivity contribution in [3.8, 4) is 0 Å². The van der Waals surface area contributed by atoms with Gasteiger partial charge in [0, 0.05) is 6.92 Å². The molecular weight excluding hydrogens is 200 g/mol. The number of hydrogen-bond donors (Lipinski definition) is 0. The number of allylic oxidation sites excluding steroid dienone is 1. The summed E-state index contributed by atoms with van der Waals surface area (Å²) in [6.45, 7) is 5.88.